The summed E-state index contributed by atoms with van der Waals surface area (Å²) in [5.41, 5.74) is 10.1. The average Bonchev–Trinajstić information content (AvgIpc) is 2.28. The van der Waals surface area contributed by atoms with E-state index in [1.807, 2.05) is 32.0 Å². The van der Waals surface area contributed by atoms with Gasteiger partial charge in [0.25, 0.3) is 0 Å². The van der Waals surface area contributed by atoms with Crippen LogP contribution in [0.1, 0.15) is 18.2 Å². The summed E-state index contributed by atoms with van der Waals surface area (Å²) in [5, 5.41) is 1.18. The summed E-state index contributed by atoms with van der Waals surface area (Å²) < 4.78 is 0. The summed E-state index contributed by atoms with van der Waals surface area (Å²) in [5.74, 6) is 0. The summed E-state index contributed by atoms with van der Waals surface area (Å²) in [6.07, 6.45) is 2.14. The molecule has 0 aliphatic carbocycles. The van der Waals surface area contributed by atoms with Crippen molar-refractivity contribution in [2.24, 2.45) is 5.73 Å². The number of aromatic nitrogens is 1. The van der Waals surface area contributed by atoms with Crippen molar-refractivity contribution in [3.63, 3.8) is 0 Å². The van der Waals surface area contributed by atoms with E-state index in [0.29, 0.717) is 6.54 Å². The van der Waals surface area contributed by atoms with Crippen molar-refractivity contribution in [1.82, 2.24) is 4.98 Å². The van der Waals surface area contributed by atoms with E-state index in [1.54, 1.807) is 0 Å². The number of hydrogen-bond acceptors (Lipinski definition) is 2. The Morgan fingerprint density at radius 3 is 2.88 bits per heavy atom. The number of nitrogens with two attached hydrogens (primary N) is 1. The first-order valence-electron chi connectivity index (χ1n) is 5.44. The molecule has 0 aliphatic rings. The molecule has 82 valence electrons. The molecule has 0 amide bonds. The van der Waals surface area contributed by atoms with Crippen molar-refractivity contribution in [2.75, 3.05) is 6.54 Å². The lowest BCUT2D eigenvalue weighted by Gasteiger charge is -2.05. The molecular formula is C14H16N2. The summed E-state index contributed by atoms with van der Waals surface area (Å²) in [4.78, 5) is 4.51. The fourth-order valence-corrected chi connectivity index (χ4v) is 1.78. The van der Waals surface area contributed by atoms with Gasteiger partial charge in [-0.3, -0.25) is 4.98 Å². The molecule has 1 aromatic heterocycles. The molecule has 0 fully saturated rings. The van der Waals surface area contributed by atoms with Crippen LogP contribution in [-0.4, -0.2) is 11.5 Å². The third-order valence-corrected chi connectivity index (χ3v) is 2.60. The number of nitrogens with zero attached hydrogens (tertiary/aromatic N) is 1. The molecule has 2 rings (SSSR count). The second-order valence-corrected chi connectivity index (χ2v) is 4.06. The zero-order valence-electron chi connectivity index (χ0n) is 9.70. The lowest BCUT2D eigenvalue weighted by atomic mass is 10.1. The normalized spacial score (nSPS) is 12.1. The monoisotopic (exact) mass is 212 g/mol. The van der Waals surface area contributed by atoms with Gasteiger partial charge in [-0.05, 0) is 31.5 Å². The lowest BCUT2D eigenvalue weighted by Crippen LogP contribution is -1.99. The minimum atomic E-state index is 0.593. The van der Waals surface area contributed by atoms with Gasteiger partial charge in [0.2, 0.25) is 0 Å². The molecule has 1 aromatic carbocycles. The Bertz CT molecular complexity index is 541. The average molecular weight is 212 g/mol. The molecule has 0 saturated carbocycles. The van der Waals surface area contributed by atoms with Crippen molar-refractivity contribution >= 4 is 17.0 Å². The number of para-hydroxylation sites is 1. The Balaban J connectivity index is 2.68. The van der Waals surface area contributed by atoms with Gasteiger partial charge < -0.3 is 5.73 Å². The topological polar surface area (TPSA) is 38.9 Å². The molecule has 2 heteroatoms. The molecule has 0 aliphatic heterocycles. The molecule has 2 nitrogen and oxygen atoms in total. The lowest BCUT2D eigenvalue weighted by molar-refractivity contribution is 1.15. The van der Waals surface area contributed by atoms with Crippen LogP contribution < -0.4 is 5.73 Å². The van der Waals surface area contributed by atoms with E-state index >= 15 is 0 Å². The van der Waals surface area contributed by atoms with Crippen LogP contribution in [0, 0.1) is 6.92 Å². The van der Waals surface area contributed by atoms with Gasteiger partial charge in [0.05, 0.1) is 5.52 Å². The third kappa shape index (κ3) is 2.12. The first-order valence-corrected chi connectivity index (χ1v) is 5.44. The number of pyridine rings is 1. The fourth-order valence-electron chi connectivity index (χ4n) is 1.78. The molecule has 16 heavy (non-hydrogen) atoms. The summed E-state index contributed by atoms with van der Waals surface area (Å²) in [7, 11) is 0. The first kappa shape index (κ1) is 10.8. The highest BCUT2D eigenvalue weighted by Gasteiger charge is 2.01. The van der Waals surface area contributed by atoms with E-state index in [9.17, 15) is 0 Å². The molecule has 0 radical (unpaired) electrons. The van der Waals surface area contributed by atoms with Gasteiger partial charge in [-0.1, -0.05) is 29.8 Å². The number of rotatable bonds is 2. The van der Waals surface area contributed by atoms with Gasteiger partial charge in [-0.15, -0.1) is 0 Å². The van der Waals surface area contributed by atoms with Crippen LogP contribution in [-0.2, 0) is 0 Å². The van der Waals surface area contributed by atoms with Crippen LogP contribution in [0.2, 0.25) is 0 Å². The summed E-state index contributed by atoms with van der Waals surface area (Å²) >= 11 is 0. The predicted molar refractivity (Wildman–Crippen MR) is 69.2 cm³/mol. The van der Waals surface area contributed by atoms with Crippen molar-refractivity contribution in [3.05, 3.63) is 47.2 Å². The van der Waals surface area contributed by atoms with Crippen LogP contribution in [0.5, 0.6) is 0 Å². The quantitative estimate of drug-likeness (QED) is 0.831. The summed E-state index contributed by atoms with van der Waals surface area (Å²) in [6, 6.07) is 10.3. The zero-order valence-corrected chi connectivity index (χ0v) is 9.70. The van der Waals surface area contributed by atoms with Gasteiger partial charge in [0, 0.05) is 17.6 Å². The van der Waals surface area contributed by atoms with Gasteiger partial charge in [0.1, 0.15) is 0 Å². The molecule has 0 saturated heterocycles. The van der Waals surface area contributed by atoms with Crippen molar-refractivity contribution in [3.8, 4) is 0 Å². The predicted octanol–water partition coefficient (Wildman–Crippen LogP) is 2.91. The molecule has 2 aromatic rings. The van der Waals surface area contributed by atoms with Gasteiger partial charge in [-0.25, -0.2) is 0 Å². The van der Waals surface area contributed by atoms with Crippen LogP contribution in [0.25, 0.3) is 17.0 Å². The molecular weight excluding hydrogens is 196 g/mol. The number of aryl methyl sites for hydroxylation is 1. The molecule has 1 heterocycles. The van der Waals surface area contributed by atoms with Crippen LogP contribution in [0.3, 0.4) is 0 Å². The van der Waals surface area contributed by atoms with Crippen molar-refractivity contribution in [1.29, 1.82) is 0 Å². The fraction of sp³-hybridized carbons (Fsp3) is 0.214. The smallest absolute Gasteiger partial charge is 0.0711 e. The zero-order chi connectivity index (χ0) is 11.5. The molecule has 0 atom stereocenters. The standard InChI is InChI=1S/C14H16N2/c1-10(9-15)7-12-8-11(2)16-14-6-4-3-5-13(12)14/h3-8H,9,15H2,1-2H3. The van der Waals surface area contributed by atoms with E-state index in [0.717, 1.165) is 11.2 Å². The Labute approximate surface area is 95.8 Å². The number of hydrogen-bond donors (Lipinski definition) is 1. The first-order chi connectivity index (χ1) is 7.70. The molecule has 0 unspecified atom stereocenters. The van der Waals surface area contributed by atoms with E-state index in [2.05, 4.69) is 23.2 Å². The summed E-state index contributed by atoms with van der Waals surface area (Å²) in [6.45, 7) is 4.65. The van der Waals surface area contributed by atoms with E-state index < -0.39 is 0 Å². The van der Waals surface area contributed by atoms with E-state index in [4.69, 9.17) is 5.73 Å². The van der Waals surface area contributed by atoms with Gasteiger partial charge in [-0.2, -0.15) is 0 Å². The maximum atomic E-state index is 5.62. The Hall–Kier alpha value is -1.67. The van der Waals surface area contributed by atoms with Crippen molar-refractivity contribution < 1.29 is 0 Å². The third-order valence-electron chi connectivity index (χ3n) is 2.60. The SMILES string of the molecule is CC(=Cc1cc(C)nc2ccccc12)CN. The van der Waals surface area contributed by atoms with Crippen LogP contribution in [0.15, 0.2) is 35.9 Å². The Kier molecular flexibility index (Phi) is 3.02. The highest BCUT2D eigenvalue weighted by molar-refractivity contribution is 5.88. The molecule has 0 bridgehead atoms. The highest BCUT2D eigenvalue weighted by atomic mass is 14.7. The second-order valence-electron chi connectivity index (χ2n) is 4.06. The Morgan fingerprint density at radius 1 is 1.38 bits per heavy atom. The second kappa shape index (κ2) is 4.45. The van der Waals surface area contributed by atoms with E-state index in [1.165, 1.54) is 16.5 Å². The highest BCUT2D eigenvalue weighted by Crippen LogP contribution is 2.20. The largest absolute Gasteiger partial charge is 0.327 e. The van der Waals surface area contributed by atoms with Gasteiger partial charge in [0.15, 0.2) is 0 Å². The van der Waals surface area contributed by atoms with Crippen molar-refractivity contribution in [2.45, 2.75) is 13.8 Å². The maximum Gasteiger partial charge on any atom is 0.0711 e. The molecule has 0 spiro atoms. The minimum absolute atomic E-state index is 0.593. The van der Waals surface area contributed by atoms with E-state index in [-0.39, 0.29) is 0 Å². The maximum absolute atomic E-state index is 5.62. The minimum Gasteiger partial charge on any atom is -0.327 e. The number of fused-ring (bicyclic) bond motifs is 1. The van der Waals surface area contributed by atoms with Crippen LogP contribution in [0.4, 0.5) is 0 Å². The molecule has 2 N–H and O–H groups in total. The Morgan fingerprint density at radius 2 is 2.12 bits per heavy atom. The van der Waals surface area contributed by atoms with Crippen LogP contribution >= 0.6 is 0 Å². The number of benzene rings is 1. The van der Waals surface area contributed by atoms with Gasteiger partial charge >= 0.3 is 0 Å².